The number of nitrogens with zero attached hydrogens (tertiary/aromatic N) is 2. The Morgan fingerprint density at radius 2 is 1.79 bits per heavy atom. The maximum absolute atomic E-state index is 12.6. The Labute approximate surface area is 175 Å². The summed E-state index contributed by atoms with van der Waals surface area (Å²) in [6.07, 6.45) is 4.47. The van der Waals surface area contributed by atoms with Crippen LogP contribution in [0, 0.1) is 5.92 Å². The van der Waals surface area contributed by atoms with E-state index >= 15 is 0 Å². The van der Waals surface area contributed by atoms with E-state index < -0.39 is 0 Å². The van der Waals surface area contributed by atoms with Gasteiger partial charge in [-0.15, -0.1) is 0 Å². The van der Waals surface area contributed by atoms with Crippen LogP contribution < -0.4 is 5.32 Å². The van der Waals surface area contributed by atoms with E-state index in [0.717, 1.165) is 39.1 Å². The fraction of sp³-hybridized carbons (Fsp3) is 0.667. The molecule has 1 saturated heterocycles. The molecule has 1 unspecified atom stereocenters. The number of carbonyl (C=O) groups is 2. The standard InChI is InChI=1S/C24H37N3O2/c1-4-26-12-14-27(15-13-26)24(29)10-11-25-23(28)17-22(18(2)3)21-9-8-19-6-5-7-20(19)16-21/h8-9,16,18,22H,4-7,10-15,17H2,1-3H3,(H,25,28). The van der Waals surface area contributed by atoms with Gasteiger partial charge in [0.05, 0.1) is 0 Å². The Balaban J connectivity index is 1.45. The number of carbonyl (C=O) groups excluding carboxylic acids is 2. The quantitative estimate of drug-likeness (QED) is 0.731. The number of piperazine rings is 1. The van der Waals surface area contributed by atoms with E-state index in [9.17, 15) is 9.59 Å². The first kappa shape index (κ1) is 21.8. The molecular weight excluding hydrogens is 362 g/mol. The number of aryl methyl sites for hydroxylation is 2. The van der Waals surface area contributed by atoms with Crippen molar-refractivity contribution in [2.24, 2.45) is 5.92 Å². The number of likely N-dealkylation sites (N-methyl/N-ethyl adjacent to an activating group) is 1. The van der Waals surface area contributed by atoms with Crippen molar-refractivity contribution in [1.29, 1.82) is 0 Å². The minimum absolute atomic E-state index is 0.0489. The van der Waals surface area contributed by atoms with Gasteiger partial charge in [0, 0.05) is 45.6 Å². The lowest BCUT2D eigenvalue weighted by atomic mass is 9.84. The molecule has 0 saturated carbocycles. The predicted molar refractivity (Wildman–Crippen MR) is 117 cm³/mol. The van der Waals surface area contributed by atoms with Crippen LogP contribution in [0.25, 0.3) is 0 Å². The van der Waals surface area contributed by atoms with Crippen LogP contribution in [0.5, 0.6) is 0 Å². The highest BCUT2D eigenvalue weighted by Gasteiger charge is 2.23. The summed E-state index contributed by atoms with van der Waals surface area (Å²) in [4.78, 5) is 29.2. The molecule has 5 heteroatoms. The second-order valence-electron chi connectivity index (χ2n) is 8.85. The first-order valence-corrected chi connectivity index (χ1v) is 11.4. The van der Waals surface area contributed by atoms with Crippen LogP contribution in [0.4, 0.5) is 0 Å². The molecule has 29 heavy (non-hydrogen) atoms. The fourth-order valence-electron chi connectivity index (χ4n) is 4.61. The second kappa shape index (κ2) is 10.2. The average Bonchev–Trinajstić information content (AvgIpc) is 3.19. The van der Waals surface area contributed by atoms with Crippen LogP contribution in [0.15, 0.2) is 18.2 Å². The highest BCUT2D eigenvalue weighted by Crippen LogP contribution is 2.32. The largest absolute Gasteiger partial charge is 0.356 e. The summed E-state index contributed by atoms with van der Waals surface area (Å²) < 4.78 is 0. The summed E-state index contributed by atoms with van der Waals surface area (Å²) in [6, 6.07) is 6.78. The van der Waals surface area contributed by atoms with Crippen LogP contribution in [-0.4, -0.2) is 60.9 Å². The maximum atomic E-state index is 12.6. The van der Waals surface area contributed by atoms with E-state index in [2.05, 4.69) is 49.2 Å². The second-order valence-corrected chi connectivity index (χ2v) is 8.85. The Morgan fingerprint density at radius 3 is 2.48 bits per heavy atom. The van der Waals surface area contributed by atoms with Gasteiger partial charge in [0.15, 0.2) is 0 Å². The molecule has 3 rings (SSSR count). The summed E-state index contributed by atoms with van der Waals surface area (Å²) in [5, 5.41) is 2.98. The van der Waals surface area contributed by atoms with E-state index in [1.54, 1.807) is 0 Å². The van der Waals surface area contributed by atoms with Gasteiger partial charge in [-0.25, -0.2) is 0 Å². The lowest BCUT2D eigenvalue weighted by Gasteiger charge is -2.34. The Bertz CT molecular complexity index is 708. The van der Waals surface area contributed by atoms with Crippen molar-refractivity contribution in [2.75, 3.05) is 39.3 Å². The zero-order valence-corrected chi connectivity index (χ0v) is 18.4. The number of nitrogens with one attached hydrogen (secondary N) is 1. The van der Waals surface area contributed by atoms with Gasteiger partial charge in [0.1, 0.15) is 0 Å². The lowest BCUT2D eigenvalue weighted by molar-refractivity contribution is -0.132. The van der Waals surface area contributed by atoms with Crippen LogP contribution in [0.3, 0.4) is 0 Å². The summed E-state index contributed by atoms with van der Waals surface area (Å²) in [7, 11) is 0. The highest BCUT2D eigenvalue weighted by atomic mass is 16.2. The van der Waals surface area contributed by atoms with Gasteiger partial charge in [-0.05, 0) is 54.3 Å². The molecule has 1 aromatic rings. The van der Waals surface area contributed by atoms with Crippen molar-refractivity contribution in [1.82, 2.24) is 15.1 Å². The number of rotatable bonds is 8. The van der Waals surface area contributed by atoms with E-state index in [0.29, 0.717) is 25.3 Å². The monoisotopic (exact) mass is 399 g/mol. The molecule has 2 aliphatic rings. The molecule has 0 bridgehead atoms. The van der Waals surface area contributed by atoms with E-state index in [1.165, 1.54) is 29.5 Å². The summed E-state index contributed by atoms with van der Waals surface area (Å²) in [5.41, 5.74) is 4.21. The SMILES string of the molecule is CCN1CCN(C(=O)CCNC(=O)CC(c2ccc3c(c2)CCC3)C(C)C)CC1. The van der Waals surface area contributed by atoms with Gasteiger partial charge in [-0.3, -0.25) is 9.59 Å². The van der Waals surface area contributed by atoms with Crippen molar-refractivity contribution in [3.8, 4) is 0 Å². The summed E-state index contributed by atoms with van der Waals surface area (Å²) in [6.45, 7) is 11.5. The number of amides is 2. The molecule has 1 atom stereocenters. The van der Waals surface area contributed by atoms with Crippen molar-refractivity contribution in [2.45, 2.75) is 58.8 Å². The molecule has 1 aromatic carbocycles. The lowest BCUT2D eigenvalue weighted by Crippen LogP contribution is -2.49. The van der Waals surface area contributed by atoms with Crippen molar-refractivity contribution >= 4 is 11.8 Å². The van der Waals surface area contributed by atoms with Crippen LogP contribution in [0.1, 0.15) is 62.6 Å². The summed E-state index contributed by atoms with van der Waals surface area (Å²) >= 11 is 0. The Morgan fingerprint density at radius 1 is 1.07 bits per heavy atom. The topological polar surface area (TPSA) is 52.6 Å². The van der Waals surface area contributed by atoms with Gasteiger partial charge in [-0.1, -0.05) is 39.0 Å². The summed E-state index contributed by atoms with van der Waals surface area (Å²) in [5.74, 6) is 0.823. The van der Waals surface area contributed by atoms with Crippen LogP contribution in [0.2, 0.25) is 0 Å². The Kier molecular flexibility index (Phi) is 7.70. The molecule has 0 spiro atoms. The molecule has 160 valence electrons. The molecule has 0 radical (unpaired) electrons. The molecule has 1 heterocycles. The first-order valence-electron chi connectivity index (χ1n) is 11.4. The van der Waals surface area contributed by atoms with Gasteiger partial charge >= 0.3 is 0 Å². The molecule has 1 aliphatic heterocycles. The molecule has 5 nitrogen and oxygen atoms in total. The third-order valence-electron chi connectivity index (χ3n) is 6.59. The molecular formula is C24H37N3O2. The third-order valence-corrected chi connectivity index (χ3v) is 6.59. The first-order chi connectivity index (χ1) is 14.0. The van der Waals surface area contributed by atoms with Crippen molar-refractivity contribution < 1.29 is 9.59 Å². The molecule has 0 aromatic heterocycles. The molecule has 2 amide bonds. The zero-order valence-electron chi connectivity index (χ0n) is 18.4. The van der Waals surface area contributed by atoms with Crippen LogP contribution >= 0.6 is 0 Å². The predicted octanol–water partition coefficient (Wildman–Crippen LogP) is 2.98. The van der Waals surface area contributed by atoms with Gasteiger partial charge < -0.3 is 15.1 Å². The van der Waals surface area contributed by atoms with E-state index in [-0.39, 0.29) is 17.7 Å². The van der Waals surface area contributed by atoms with Gasteiger partial charge in [0.25, 0.3) is 0 Å². The number of fused-ring (bicyclic) bond motifs is 1. The molecule has 1 aliphatic carbocycles. The van der Waals surface area contributed by atoms with Crippen molar-refractivity contribution in [3.05, 3.63) is 34.9 Å². The van der Waals surface area contributed by atoms with E-state index in [1.807, 2.05) is 4.90 Å². The minimum Gasteiger partial charge on any atom is -0.356 e. The minimum atomic E-state index is 0.0489. The molecule has 1 N–H and O–H groups in total. The zero-order chi connectivity index (χ0) is 20.8. The van der Waals surface area contributed by atoms with Crippen LogP contribution in [-0.2, 0) is 22.4 Å². The molecule has 1 fully saturated rings. The number of hydrogen-bond donors (Lipinski definition) is 1. The van der Waals surface area contributed by atoms with E-state index in [4.69, 9.17) is 0 Å². The third kappa shape index (κ3) is 5.81. The van der Waals surface area contributed by atoms with Gasteiger partial charge in [-0.2, -0.15) is 0 Å². The van der Waals surface area contributed by atoms with Crippen molar-refractivity contribution in [3.63, 3.8) is 0 Å². The number of hydrogen-bond acceptors (Lipinski definition) is 3. The normalized spacial score (nSPS) is 18.0. The fourth-order valence-corrected chi connectivity index (χ4v) is 4.61. The maximum Gasteiger partial charge on any atom is 0.224 e. The number of benzene rings is 1. The Hall–Kier alpha value is -1.88. The highest BCUT2D eigenvalue weighted by molar-refractivity contribution is 5.79. The van der Waals surface area contributed by atoms with Gasteiger partial charge in [0.2, 0.25) is 11.8 Å². The average molecular weight is 400 g/mol. The smallest absolute Gasteiger partial charge is 0.224 e.